The second-order valence-corrected chi connectivity index (χ2v) is 8.07. The average Bonchev–Trinajstić information content (AvgIpc) is 2.60. The molecule has 0 N–H and O–H groups in total. The monoisotopic (exact) mass is 385 g/mol. The second-order valence-electron chi connectivity index (χ2n) is 6.16. The highest BCUT2D eigenvalue weighted by Gasteiger charge is 2.32. The van der Waals surface area contributed by atoms with Crippen LogP contribution in [0, 0.1) is 24.4 Å². The molecule has 1 aliphatic heterocycles. The molecule has 5 nitrogen and oxygen atoms in total. The maximum atomic E-state index is 13.9. The van der Waals surface area contributed by atoms with Crippen LogP contribution in [0.2, 0.25) is 0 Å². The molecule has 1 aliphatic rings. The average molecular weight is 385 g/mol. The van der Waals surface area contributed by atoms with Crippen LogP contribution in [0.5, 0.6) is 0 Å². The number of aryl methyl sites for hydroxylation is 1. The summed E-state index contributed by atoms with van der Waals surface area (Å²) in [7, 11) is -4.22. The SMILES string of the molecule is Cc1cc(CN2CCN(S(=O)(=O)c3ccc(F)c(F)c3F)CC2)ccn1. The number of rotatable bonds is 4. The fraction of sp³-hybridized carbons (Fsp3) is 0.353. The Bertz CT molecular complexity index is 913. The molecule has 0 radical (unpaired) electrons. The molecular weight excluding hydrogens is 367 g/mol. The number of pyridine rings is 1. The Morgan fingerprint density at radius 3 is 2.38 bits per heavy atom. The minimum Gasteiger partial charge on any atom is -0.296 e. The van der Waals surface area contributed by atoms with E-state index in [2.05, 4.69) is 9.88 Å². The minimum atomic E-state index is -4.22. The number of aromatic nitrogens is 1. The predicted molar refractivity (Wildman–Crippen MR) is 89.3 cm³/mol. The van der Waals surface area contributed by atoms with Gasteiger partial charge in [0.05, 0.1) is 0 Å². The van der Waals surface area contributed by atoms with Gasteiger partial charge in [0.1, 0.15) is 4.90 Å². The van der Waals surface area contributed by atoms with Crippen molar-refractivity contribution in [2.24, 2.45) is 0 Å². The van der Waals surface area contributed by atoms with Crippen molar-refractivity contribution in [1.29, 1.82) is 0 Å². The van der Waals surface area contributed by atoms with E-state index in [1.165, 1.54) is 0 Å². The van der Waals surface area contributed by atoms with Crippen LogP contribution in [-0.2, 0) is 16.6 Å². The largest absolute Gasteiger partial charge is 0.296 e. The van der Waals surface area contributed by atoms with Crippen molar-refractivity contribution in [2.45, 2.75) is 18.4 Å². The van der Waals surface area contributed by atoms with E-state index in [4.69, 9.17) is 0 Å². The standard InChI is InChI=1S/C17H18F3N3O2S/c1-12-10-13(4-5-21-12)11-22-6-8-23(9-7-22)26(24,25)15-3-2-14(18)16(19)17(15)20/h2-5,10H,6-9,11H2,1H3. The Balaban J connectivity index is 1.70. The van der Waals surface area contributed by atoms with Gasteiger partial charge in [0.2, 0.25) is 10.0 Å². The lowest BCUT2D eigenvalue weighted by Crippen LogP contribution is -2.48. The zero-order chi connectivity index (χ0) is 18.9. The summed E-state index contributed by atoms with van der Waals surface area (Å²) >= 11 is 0. The van der Waals surface area contributed by atoms with Gasteiger partial charge in [-0.25, -0.2) is 21.6 Å². The zero-order valence-corrected chi connectivity index (χ0v) is 14.9. The summed E-state index contributed by atoms with van der Waals surface area (Å²) < 4.78 is 66.5. The molecule has 140 valence electrons. The van der Waals surface area contributed by atoms with E-state index in [-0.39, 0.29) is 13.1 Å². The summed E-state index contributed by atoms with van der Waals surface area (Å²) in [5.74, 6) is -4.88. The van der Waals surface area contributed by atoms with E-state index in [0.29, 0.717) is 25.7 Å². The van der Waals surface area contributed by atoms with Gasteiger partial charge in [0, 0.05) is 44.6 Å². The quantitative estimate of drug-likeness (QED) is 0.758. The Morgan fingerprint density at radius 1 is 1.04 bits per heavy atom. The highest BCUT2D eigenvalue weighted by Crippen LogP contribution is 2.24. The Hall–Kier alpha value is -1.97. The predicted octanol–water partition coefficient (Wildman–Crippen LogP) is 2.31. The number of piperazine rings is 1. The summed E-state index contributed by atoms with van der Waals surface area (Å²) in [6.45, 7) is 3.73. The normalized spacial score (nSPS) is 16.8. The van der Waals surface area contributed by atoms with E-state index in [1.54, 1.807) is 6.20 Å². The van der Waals surface area contributed by atoms with Gasteiger partial charge >= 0.3 is 0 Å². The third-order valence-electron chi connectivity index (χ3n) is 4.32. The molecule has 1 aromatic carbocycles. The van der Waals surface area contributed by atoms with Gasteiger partial charge < -0.3 is 0 Å². The summed E-state index contributed by atoms with van der Waals surface area (Å²) in [6.07, 6.45) is 1.72. The van der Waals surface area contributed by atoms with Gasteiger partial charge in [0.15, 0.2) is 17.5 Å². The summed E-state index contributed by atoms with van der Waals surface area (Å²) in [4.78, 5) is 5.37. The molecule has 0 bridgehead atoms. The van der Waals surface area contributed by atoms with Crippen LogP contribution in [0.1, 0.15) is 11.3 Å². The number of nitrogens with zero attached hydrogens (tertiary/aromatic N) is 3. The highest BCUT2D eigenvalue weighted by molar-refractivity contribution is 7.89. The van der Waals surface area contributed by atoms with Crippen molar-refractivity contribution in [1.82, 2.24) is 14.2 Å². The van der Waals surface area contributed by atoms with E-state index < -0.39 is 32.4 Å². The molecule has 0 amide bonds. The molecule has 0 unspecified atom stereocenters. The third-order valence-corrected chi connectivity index (χ3v) is 6.23. The number of hydrogen-bond acceptors (Lipinski definition) is 4. The maximum Gasteiger partial charge on any atom is 0.246 e. The molecular formula is C17H18F3N3O2S. The first-order chi connectivity index (χ1) is 12.3. The minimum absolute atomic E-state index is 0.144. The van der Waals surface area contributed by atoms with Crippen molar-refractivity contribution in [3.05, 3.63) is 59.2 Å². The highest BCUT2D eigenvalue weighted by atomic mass is 32.2. The molecule has 26 heavy (non-hydrogen) atoms. The lowest BCUT2D eigenvalue weighted by atomic mass is 10.2. The van der Waals surface area contributed by atoms with Crippen LogP contribution >= 0.6 is 0 Å². The smallest absolute Gasteiger partial charge is 0.246 e. The van der Waals surface area contributed by atoms with Crippen LogP contribution < -0.4 is 0 Å². The maximum absolute atomic E-state index is 13.9. The lowest BCUT2D eigenvalue weighted by molar-refractivity contribution is 0.181. The number of halogens is 3. The first kappa shape index (κ1) is 18.8. The molecule has 1 saturated heterocycles. The van der Waals surface area contributed by atoms with Gasteiger partial charge in [0.25, 0.3) is 0 Å². The van der Waals surface area contributed by atoms with E-state index in [9.17, 15) is 21.6 Å². The van der Waals surface area contributed by atoms with E-state index in [0.717, 1.165) is 21.6 Å². The molecule has 1 fully saturated rings. The molecule has 2 heterocycles. The first-order valence-corrected chi connectivity index (χ1v) is 9.50. The molecule has 0 saturated carbocycles. The Labute approximate surface area is 150 Å². The fourth-order valence-electron chi connectivity index (χ4n) is 2.94. The van der Waals surface area contributed by atoms with E-state index >= 15 is 0 Å². The van der Waals surface area contributed by atoms with Gasteiger partial charge in [-0.1, -0.05) is 0 Å². The van der Waals surface area contributed by atoms with E-state index in [1.807, 2.05) is 19.1 Å². The van der Waals surface area contributed by atoms with Gasteiger partial charge in [-0.05, 0) is 36.8 Å². The Kier molecular flexibility index (Phi) is 5.31. The molecule has 1 aromatic heterocycles. The van der Waals surface area contributed by atoms with Crippen LogP contribution in [0.25, 0.3) is 0 Å². The molecule has 3 rings (SSSR count). The summed E-state index contributed by atoms with van der Waals surface area (Å²) in [5, 5.41) is 0. The Morgan fingerprint density at radius 2 is 1.73 bits per heavy atom. The van der Waals surface area contributed by atoms with Gasteiger partial charge in [-0.15, -0.1) is 0 Å². The lowest BCUT2D eigenvalue weighted by Gasteiger charge is -2.34. The van der Waals surface area contributed by atoms with Crippen molar-refractivity contribution in [3.8, 4) is 0 Å². The van der Waals surface area contributed by atoms with Crippen molar-refractivity contribution in [3.63, 3.8) is 0 Å². The van der Waals surface area contributed by atoms with Crippen LogP contribution in [0.4, 0.5) is 13.2 Å². The van der Waals surface area contributed by atoms with Crippen molar-refractivity contribution < 1.29 is 21.6 Å². The summed E-state index contributed by atoms with van der Waals surface area (Å²) in [5.41, 5.74) is 1.97. The second kappa shape index (κ2) is 7.34. The van der Waals surface area contributed by atoms with Crippen molar-refractivity contribution >= 4 is 10.0 Å². The van der Waals surface area contributed by atoms with Crippen molar-refractivity contribution in [2.75, 3.05) is 26.2 Å². The number of sulfonamides is 1. The van der Waals surface area contributed by atoms with Gasteiger partial charge in [-0.3, -0.25) is 9.88 Å². The van der Waals surface area contributed by atoms with Crippen LogP contribution in [0.3, 0.4) is 0 Å². The molecule has 0 spiro atoms. The topological polar surface area (TPSA) is 53.5 Å². The number of benzene rings is 1. The van der Waals surface area contributed by atoms with Crippen LogP contribution in [0.15, 0.2) is 35.4 Å². The molecule has 0 atom stereocenters. The third kappa shape index (κ3) is 3.74. The number of hydrogen-bond donors (Lipinski definition) is 0. The first-order valence-electron chi connectivity index (χ1n) is 8.06. The zero-order valence-electron chi connectivity index (χ0n) is 14.1. The van der Waals surface area contributed by atoms with Gasteiger partial charge in [-0.2, -0.15) is 4.31 Å². The molecule has 2 aromatic rings. The molecule has 0 aliphatic carbocycles. The van der Waals surface area contributed by atoms with Crippen LogP contribution in [-0.4, -0.2) is 48.8 Å². The fourth-order valence-corrected chi connectivity index (χ4v) is 4.41. The molecule has 9 heteroatoms. The summed E-state index contributed by atoms with van der Waals surface area (Å²) in [6, 6.07) is 5.23.